The van der Waals surface area contributed by atoms with E-state index in [9.17, 15) is 4.79 Å². The van der Waals surface area contributed by atoms with E-state index < -0.39 is 0 Å². The minimum Gasteiger partial charge on any atom is -0.336 e. The van der Waals surface area contributed by atoms with E-state index in [2.05, 4.69) is 10.6 Å². The Morgan fingerprint density at radius 3 is 2.58 bits per heavy atom. The van der Waals surface area contributed by atoms with Crippen molar-refractivity contribution < 1.29 is 4.79 Å². The molecule has 2 saturated heterocycles. The van der Waals surface area contributed by atoms with Gasteiger partial charge in [0.25, 0.3) is 0 Å². The fourth-order valence-corrected chi connectivity index (χ4v) is 2.10. The molecule has 2 rings (SSSR count). The summed E-state index contributed by atoms with van der Waals surface area (Å²) >= 11 is 0. The lowest BCUT2D eigenvalue weighted by atomic mass is 9.88. The lowest BCUT2D eigenvalue weighted by Gasteiger charge is -2.38. The van der Waals surface area contributed by atoms with Gasteiger partial charge >= 0.3 is 6.03 Å². The van der Waals surface area contributed by atoms with Crippen molar-refractivity contribution in [2.75, 3.05) is 26.7 Å². The Morgan fingerprint density at radius 1 is 1.42 bits per heavy atom. The first kappa shape index (κ1) is 7.86. The van der Waals surface area contributed by atoms with E-state index in [0.29, 0.717) is 0 Å². The summed E-state index contributed by atoms with van der Waals surface area (Å²) in [5.74, 6) is 0. The smallest absolute Gasteiger partial charge is 0.317 e. The number of carbonyl (C=O) groups is 1. The van der Waals surface area contributed by atoms with Crippen LogP contribution in [0.25, 0.3) is 0 Å². The third kappa shape index (κ3) is 0.982. The minimum atomic E-state index is 0.0805. The van der Waals surface area contributed by atoms with Crippen LogP contribution in [-0.2, 0) is 0 Å². The fourth-order valence-electron chi connectivity index (χ4n) is 2.10. The number of nitrogens with zero attached hydrogens (tertiary/aromatic N) is 1. The Bertz CT molecular complexity index is 198. The highest BCUT2D eigenvalue weighted by molar-refractivity contribution is 5.77. The highest BCUT2D eigenvalue weighted by Gasteiger charge is 2.43. The summed E-state index contributed by atoms with van der Waals surface area (Å²) in [6.45, 7) is 2.88. The van der Waals surface area contributed by atoms with Crippen molar-refractivity contribution in [3.05, 3.63) is 0 Å². The number of rotatable bonds is 0. The van der Waals surface area contributed by atoms with Crippen LogP contribution >= 0.6 is 0 Å². The maximum Gasteiger partial charge on any atom is 0.317 e. The first-order chi connectivity index (χ1) is 5.75. The number of piperidine rings is 1. The number of hydrogen-bond acceptors (Lipinski definition) is 2. The Morgan fingerprint density at radius 2 is 2.08 bits per heavy atom. The number of likely N-dealkylation sites (N-methyl/N-ethyl adjacent to an activating group) is 1. The molecule has 0 atom stereocenters. The first-order valence-electron chi connectivity index (χ1n) is 4.47. The van der Waals surface area contributed by atoms with E-state index in [4.69, 9.17) is 0 Å². The number of nitrogens with one attached hydrogen (secondary N) is 2. The van der Waals surface area contributed by atoms with E-state index in [1.165, 1.54) is 0 Å². The molecule has 1 spiro atoms. The number of carbonyl (C=O) groups excluding carboxylic acids is 1. The van der Waals surface area contributed by atoms with Crippen LogP contribution in [0.15, 0.2) is 0 Å². The molecule has 2 fully saturated rings. The van der Waals surface area contributed by atoms with Gasteiger partial charge in [-0.3, -0.25) is 0 Å². The molecule has 0 saturated carbocycles. The predicted molar refractivity (Wildman–Crippen MR) is 46.0 cm³/mol. The molecule has 4 heteroatoms. The lowest BCUT2D eigenvalue weighted by molar-refractivity contribution is 0.148. The van der Waals surface area contributed by atoms with Gasteiger partial charge in [0.1, 0.15) is 0 Å². The lowest BCUT2D eigenvalue weighted by Crippen LogP contribution is -2.51. The monoisotopic (exact) mass is 169 g/mol. The van der Waals surface area contributed by atoms with Crippen molar-refractivity contribution >= 4 is 6.03 Å². The minimum absolute atomic E-state index is 0.0805. The second-order valence-electron chi connectivity index (χ2n) is 3.69. The fraction of sp³-hybridized carbons (Fsp3) is 0.875. The van der Waals surface area contributed by atoms with Gasteiger partial charge < -0.3 is 15.5 Å². The topological polar surface area (TPSA) is 44.4 Å². The van der Waals surface area contributed by atoms with Crippen molar-refractivity contribution in [1.82, 2.24) is 15.5 Å². The predicted octanol–water partition coefficient (Wildman–Crippen LogP) is -0.236. The molecule has 2 N–H and O–H groups in total. The van der Waals surface area contributed by atoms with Crippen LogP contribution in [0.4, 0.5) is 4.79 Å². The summed E-state index contributed by atoms with van der Waals surface area (Å²) < 4.78 is 0. The van der Waals surface area contributed by atoms with Gasteiger partial charge in [-0.05, 0) is 25.9 Å². The highest BCUT2D eigenvalue weighted by Crippen LogP contribution is 2.27. The van der Waals surface area contributed by atoms with Gasteiger partial charge in [0.2, 0.25) is 0 Å². The molecule has 0 unspecified atom stereocenters. The first-order valence-corrected chi connectivity index (χ1v) is 4.47. The SMILES string of the molecule is CN1C(=O)NCC12CCNCC2. The second-order valence-corrected chi connectivity index (χ2v) is 3.69. The molecule has 12 heavy (non-hydrogen) atoms. The summed E-state index contributed by atoms with van der Waals surface area (Å²) in [6, 6.07) is 0.0805. The van der Waals surface area contributed by atoms with E-state index in [1.54, 1.807) is 0 Å². The average molecular weight is 169 g/mol. The van der Waals surface area contributed by atoms with Crippen molar-refractivity contribution in [1.29, 1.82) is 0 Å². The molecule has 2 heterocycles. The highest BCUT2D eigenvalue weighted by atomic mass is 16.2. The Labute approximate surface area is 72.3 Å². The van der Waals surface area contributed by atoms with Gasteiger partial charge in [0.05, 0.1) is 5.54 Å². The quantitative estimate of drug-likeness (QED) is 0.526. The Hall–Kier alpha value is -0.770. The maximum absolute atomic E-state index is 11.2. The molecule has 0 aromatic rings. The molecule has 0 aliphatic carbocycles. The second kappa shape index (κ2) is 2.62. The summed E-state index contributed by atoms with van der Waals surface area (Å²) in [6.07, 6.45) is 2.14. The average Bonchev–Trinajstić information content (AvgIpc) is 2.37. The van der Waals surface area contributed by atoms with E-state index in [-0.39, 0.29) is 11.6 Å². The van der Waals surface area contributed by atoms with Crippen LogP contribution in [0.3, 0.4) is 0 Å². The largest absolute Gasteiger partial charge is 0.336 e. The molecule has 0 aromatic heterocycles. The van der Waals surface area contributed by atoms with Crippen molar-refractivity contribution in [3.63, 3.8) is 0 Å². The molecule has 2 amide bonds. The summed E-state index contributed by atoms with van der Waals surface area (Å²) in [4.78, 5) is 13.1. The molecule has 4 nitrogen and oxygen atoms in total. The van der Waals surface area contributed by atoms with E-state index in [1.807, 2.05) is 11.9 Å². The van der Waals surface area contributed by atoms with Crippen LogP contribution < -0.4 is 10.6 Å². The van der Waals surface area contributed by atoms with E-state index >= 15 is 0 Å². The molecular formula is C8H15N3O. The Balaban J connectivity index is 2.14. The van der Waals surface area contributed by atoms with Gasteiger partial charge in [-0.25, -0.2) is 4.79 Å². The number of urea groups is 1. The van der Waals surface area contributed by atoms with Gasteiger partial charge in [-0.15, -0.1) is 0 Å². The van der Waals surface area contributed by atoms with Crippen molar-refractivity contribution in [2.24, 2.45) is 0 Å². The zero-order valence-corrected chi connectivity index (χ0v) is 7.39. The van der Waals surface area contributed by atoms with Crippen molar-refractivity contribution in [2.45, 2.75) is 18.4 Å². The number of amides is 2. The zero-order chi connectivity index (χ0) is 8.60. The molecule has 0 bridgehead atoms. The molecule has 2 aliphatic rings. The molecule has 0 radical (unpaired) electrons. The molecule has 0 aromatic carbocycles. The molecule has 68 valence electrons. The van der Waals surface area contributed by atoms with Crippen LogP contribution in [-0.4, -0.2) is 43.2 Å². The third-order valence-electron chi connectivity index (χ3n) is 3.12. The van der Waals surface area contributed by atoms with Crippen molar-refractivity contribution in [3.8, 4) is 0 Å². The summed E-state index contributed by atoms with van der Waals surface area (Å²) in [5, 5.41) is 6.19. The third-order valence-corrected chi connectivity index (χ3v) is 3.12. The Kier molecular flexibility index (Phi) is 1.72. The summed E-state index contributed by atoms with van der Waals surface area (Å²) in [7, 11) is 1.90. The van der Waals surface area contributed by atoms with E-state index in [0.717, 1.165) is 32.5 Å². The van der Waals surface area contributed by atoms with Gasteiger partial charge in [0, 0.05) is 13.6 Å². The van der Waals surface area contributed by atoms with Crippen LogP contribution in [0.1, 0.15) is 12.8 Å². The normalized spacial score (nSPS) is 27.8. The molecular weight excluding hydrogens is 154 g/mol. The van der Waals surface area contributed by atoms with Crippen LogP contribution in [0, 0.1) is 0 Å². The van der Waals surface area contributed by atoms with Crippen LogP contribution in [0.5, 0.6) is 0 Å². The maximum atomic E-state index is 11.2. The number of hydrogen-bond donors (Lipinski definition) is 2. The zero-order valence-electron chi connectivity index (χ0n) is 7.39. The van der Waals surface area contributed by atoms with Crippen LogP contribution in [0.2, 0.25) is 0 Å². The standard InChI is InChI=1S/C8H15N3O/c1-11-7(12)10-6-8(11)2-4-9-5-3-8/h9H,2-6H2,1H3,(H,10,12). The van der Waals surface area contributed by atoms with Gasteiger partial charge in [-0.1, -0.05) is 0 Å². The van der Waals surface area contributed by atoms with Gasteiger partial charge in [0.15, 0.2) is 0 Å². The molecule has 2 aliphatic heterocycles. The van der Waals surface area contributed by atoms with Gasteiger partial charge in [-0.2, -0.15) is 0 Å². The summed E-state index contributed by atoms with van der Waals surface area (Å²) in [5.41, 5.74) is 0.113.